The molecule has 0 unspecified atom stereocenters. The van der Waals surface area contributed by atoms with Gasteiger partial charge in [-0.15, -0.1) is 0 Å². The summed E-state index contributed by atoms with van der Waals surface area (Å²) in [6, 6.07) is 5.68. The molecule has 1 atom stereocenters. The van der Waals surface area contributed by atoms with Crippen LogP contribution in [0.25, 0.3) is 17.0 Å². The fourth-order valence-corrected chi connectivity index (χ4v) is 5.78. The van der Waals surface area contributed by atoms with Crippen LogP contribution in [0.4, 0.5) is 35.9 Å². The van der Waals surface area contributed by atoms with E-state index >= 15 is 0 Å². The highest BCUT2D eigenvalue weighted by atomic mass is 32.2. The molecule has 0 spiro atoms. The van der Waals surface area contributed by atoms with Gasteiger partial charge in [-0.05, 0) is 66.1 Å². The van der Waals surface area contributed by atoms with Crippen molar-refractivity contribution >= 4 is 46.0 Å². The summed E-state index contributed by atoms with van der Waals surface area (Å²) >= 11 is 0.714. The van der Waals surface area contributed by atoms with Crippen LogP contribution in [0.1, 0.15) is 35.1 Å². The number of amides is 3. The molecule has 2 aliphatic heterocycles. The smallest absolute Gasteiger partial charge is 0.416 e. The molecule has 5 rings (SSSR count). The van der Waals surface area contributed by atoms with Crippen molar-refractivity contribution in [3.63, 3.8) is 0 Å². The third-order valence-corrected chi connectivity index (χ3v) is 7.82. The minimum absolute atomic E-state index is 0.0516. The minimum atomic E-state index is -5.01. The van der Waals surface area contributed by atoms with Crippen molar-refractivity contribution in [2.45, 2.75) is 37.8 Å². The number of thioether (sulfide) groups is 1. The monoisotopic (exact) mass is 598 g/mol. The van der Waals surface area contributed by atoms with E-state index in [-0.39, 0.29) is 17.5 Å². The maximum atomic E-state index is 13.6. The van der Waals surface area contributed by atoms with Gasteiger partial charge >= 0.3 is 18.4 Å². The quantitative estimate of drug-likeness (QED) is 0.274. The number of rotatable bonds is 5. The lowest BCUT2D eigenvalue weighted by atomic mass is 10.0. The number of alkyl halides is 6. The molecular weight excluding hydrogens is 578 g/mol. The molecule has 1 aromatic heterocycles. The van der Waals surface area contributed by atoms with Gasteiger partial charge in [0.2, 0.25) is 0 Å². The fraction of sp³-hybridized carbons (Fsp3) is 0.308. The van der Waals surface area contributed by atoms with Crippen LogP contribution < -0.4 is 0 Å². The summed E-state index contributed by atoms with van der Waals surface area (Å²) in [5.41, 5.74) is -2.31. The molecule has 41 heavy (non-hydrogen) atoms. The average Bonchev–Trinajstić information content (AvgIpc) is 3.58. The van der Waals surface area contributed by atoms with E-state index in [0.29, 0.717) is 53.7 Å². The number of aromatic nitrogens is 2. The van der Waals surface area contributed by atoms with Crippen molar-refractivity contribution < 1.29 is 45.8 Å². The number of carbonyl (C=O) groups is 3. The molecule has 3 aromatic rings. The predicted octanol–water partition coefficient (Wildman–Crippen LogP) is 6.30. The van der Waals surface area contributed by atoms with Gasteiger partial charge in [-0.25, -0.2) is 4.79 Å². The van der Waals surface area contributed by atoms with E-state index in [0.717, 1.165) is 11.0 Å². The maximum Gasteiger partial charge on any atom is 0.416 e. The van der Waals surface area contributed by atoms with Crippen molar-refractivity contribution in [3.05, 3.63) is 69.8 Å². The summed E-state index contributed by atoms with van der Waals surface area (Å²) in [7, 11) is 0. The number of hydrogen-bond acceptors (Lipinski definition) is 5. The van der Waals surface area contributed by atoms with E-state index < -0.39 is 58.9 Å². The van der Waals surface area contributed by atoms with Crippen LogP contribution in [-0.2, 0) is 23.7 Å². The Balaban J connectivity index is 1.37. The van der Waals surface area contributed by atoms with Crippen molar-refractivity contribution in [1.82, 2.24) is 19.6 Å². The van der Waals surface area contributed by atoms with Crippen molar-refractivity contribution in [1.29, 1.82) is 0 Å². The Morgan fingerprint density at radius 3 is 2.51 bits per heavy atom. The van der Waals surface area contributed by atoms with E-state index in [1.807, 2.05) is 0 Å². The van der Waals surface area contributed by atoms with Crippen LogP contribution in [0.2, 0.25) is 0 Å². The molecule has 3 heterocycles. The predicted molar refractivity (Wildman–Crippen MR) is 136 cm³/mol. The first-order chi connectivity index (χ1) is 19.2. The van der Waals surface area contributed by atoms with Gasteiger partial charge in [-0.2, -0.15) is 31.4 Å². The largest absolute Gasteiger partial charge is 0.465 e. The molecule has 8 nitrogen and oxygen atoms in total. The van der Waals surface area contributed by atoms with Crippen LogP contribution in [-0.4, -0.2) is 61.1 Å². The van der Waals surface area contributed by atoms with Crippen LogP contribution >= 0.6 is 11.8 Å². The zero-order valence-corrected chi connectivity index (χ0v) is 21.7. The second kappa shape index (κ2) is 10.4. The first-order valence-electron chi connectivity index (χ1n) is 12.2. The standard InChI is InChI=1S/C26H20F6N4O4S/c27-25(28,29)17-5-4-15(19(10-17)26(30,31)32)12-36-20-6-3-14(8-16(20)11-33-36)9-21-22(37)35(24(40)41-21)13-18-2-1-7-34(18)23(38)39/h3-6,8-11,18H,1-2,7,12-13H2,(H,38,39)/t18-/m1/s1. The second-order valence-corrected chi connectivity index (χ2v) is 10.5. The summed E-state index contributed by atoms with van der Waals surface area (Å²) in [5.74, 6) is -0.560. The Morgan fingerprint density at radius 1 is 1.07 bits per heavy atom. The number of likely N-dealkylation sites (tertiary alicyclic amines) is 1. The molecule has 0 bridgehead atoms. The first-order valence-corrected chi connectivity index (χ1v) is 13.0. The lowest BCUT2D eigenvalue weighted by Crippen LogP contribution is -2.44. The number of benzene rings is 2. The molecule has 2 aliphatic rings. The molecule has 15 heteroatoms. The van der Waals surface area contributed by atoms with Crippen molar-refractivity contribution in [3.8, 4) is 0 Å². The van der Waals surface area contributed by atoms with Gasteiger partial charge in [-0.1, -0.05) is 12.1 Å². The molecule has 0 radical (unpaired) electrons. The van der Waals surface area contributed by atoms with Gasteiger partial charge in [0.25, 0.3) is 11.1 Å². The molecule has 1 N–H and O–H groups in total. The third kappa shape index (κ3) is 5.76. The second-order valence-electron chi connectivity index (χ2n) is 9.55. The highest BCUT2D eigenvalue weighted by Gasteiger charge is 2.40. The number of halogens is 6. The fourth-order valence-electron chi connectivity index (χ4n) is 4.93. The van der Waals surface area contributed by atoms with Crippen LogP contribution in [0.5, 0.6) is 0 Å². The van der Waals surface area contributed by atoms with Crippen LogP contribution in [0.3, 0.4) is 0 Å². The van der Waals surface area contributed by atoms with Gasteiger partial charge in [0.1, 0.15) is 0 Å². The zero-order chi connectivity index (χ0) is 29.7. The number of carbonyl (C=O) groups excluding carboxylic acids is 2. The van der Waals surface area contributed by atoms with Crippen LogP contribution in [0, 0.1) is 0 Å². The Bertz CT molecular complexity index is 1580. The highest BCUT2D eigenvalue weighted by Crippen LogP contribution is 2.38. The van der Waals surface area contributed by atoms with E-state index in [4.69, 9.17) is 0 Å². The molecule has 0 saturated carbocycles. The number of hydrogen-bond donors (Lipinski definition) is 1. The topological polar surface area (TPSA) is 95.7 Å². The number of nitrogens with zero attached hydrogens (tertiary/aromatic N) is 4. The Morgan fingerprint density at radius 2 is 1.83 bits per heavy atom. The van der Waals surface area contributed by atoms with Gasteiger partial charge in [0.05, 0.1) is 46.9 Å². The van der Waals surface area contributed by atoms with Gasteiger partial charge < -0.3 is 10.0 Å². The first kappa shape index (κ1) is 28.5. The lowest BCUT2D eigenvalue weighted by molar-refractivity contribution is -0.143. The number of imide groups is 1. The summed E-state index contributed by atoms with van der Waals surface area (Å²) in [6.07, 6.45) is -7.05. The summed E-state index contributed by atoms with van der Waals surface area (Å²) in [4.78, 5) is 39.2. The molecule has 0 aliphatic carbocycles. The molecule has 216 valence electrons. The SMILES string of the molecule is O=C1SC(=Cc2ccc3c(cnn3Cc3ccc(C(F)(F)F)cc3C(F)(F)F)c2)C(=O)N1C[C@H]1CCCN1C(=O)O. The number of carboxylic acid groups (broad SMARTS) is 1. The molecule has 2 fully saturated rings. The molecule has 2 saturated heterocycles. The lowest BCUT2D eigenvalue weighted by Gasteiger charge is -2.24. The van der Waals surface area contributed by atoms with E-state index in [2.05, 4.69) is 5.10 Å². The zero-order valence-electron chi connectivity index (χ0n) is 20.9. The molecule has 3 amide bonds. The normalized spacial score (nSPS) is 19.3. The molecular formula is C26H20F6N4O4S. The van der Waals surface area contributed by atoms with Gasteiger partial charge in [-0.3, -0.25) is 19.2 Å². The van der Waals surface area contributed by atoms with Crippen molar-refractivity contribution in [2.24, 2.45) is 0 Å². The van der Waals surface area contributed by atoms with Crippen molar-refractivity contribution in [2.75, 3.05) is 13.1 Å². The Hall–Kier alpha value is -4.01. The summed E-state index contributed by atoms with van der Waals surface area (Å²) < 4.78 is 80.9. The Labute approximate surface area is 232 Å². The maximum absolute atomic E-state index is 13.6. The molecule has 2 aromatic carbocycles. The van der Waals surface area contributed by atoms with Crippen LogP contribution in [0.15, 0.2) is 47.5 Å². The average molecular weight is 599 g/mol. The minimum Gasteiger partial charge on any atom is -0.465 e. The Kier molecular flexibility index (Phi) is 7.26. The van der Waals surface area contributed by atoms with Gasteiger partial charge in [0, 0.05) is 11.9 Å². The third-order valence-electron chi connectivity index (χ3n) is 6.92. The number of fused-ring (bicyclic) bond motifs is 1. The highest BCUT2D eigenvalue weighted by molar-refractivity contribution is 8.18. The van der Waals surface area contributed by atoms with E-state index in [1.165, 1.54) is 21.9 Å². The van der Waals surface area contributed by atoms with Gasteiger partial charge in [0.15, 0.2) is 0 Å². The summed E-state index contributed by atoms with van der Waals surface area (Å²) in [5, 5.41) is 13.4. The van der Waals surface area contributed by atoms with E-state index in [9.17, 15) is 45.8 Å². The summed E-state index contributed by atoms with van der Waals surface area (Å²) in [6.45, 7) is -0.163. The van der Waals surface area contributed by atoms with E-state index in [1.54, 1.807) is 18.2 Å².